The van der Waals surface area contributed by atoms with E-state index in [1.165, 1.54) is 18.2 Å². The van der Waals surface area contributed by atoms with E-state index in [9.17, 15) is 13.6 Å². The molecule has 0 spiro atoms. The Balaban J connectivity index is 1.98. The Hall–Kier alpha value is -2.17. The minimum absolute atomic E-state index is 0.0981. The number of halogens is 2. The number of hydrogen-bond acceptors (Lipinski definition) is 2. The molecule has 0 amide bonds. The van der Waals surface area contributed by atoms with E-state index in [1.807, 2.05) is 0 Å². The molecule has 2 aromatic rings. The number of aromatic nitrogens is 1. The monoisotopic (exact) mass is 290 g/mol. The first kappa shape index (κ1) is 13.8. The topological polar surface area (TPSA) is 44.9 Å². The van der Waals surface area contributed by atoms with Crippen molar-refractivity contribution in [3.05, 3.63) is 63.1 Å². The summed E-state index contributed by atoms with van der Waals surface area (Å²) in [4.78, 5) is 14.2. The van der Waals surface area contributed by atoms with Crippen LogP contribution in [0.25, 0.3) is 0 Å². The second kappa shape index (κ2) is 5.31. The maximum absolute atomic E-state index is 14.1. The molecule has 21 heavy (non-hydrogen) atoms. The number of H-pyrrole nitrogens is 1. The summed E-state index contributed by atoms with van der Waals surface area (Å²) in [5.41, 5.74) is 1.90. The van der Waals surface area contributed by atoms with Gasteiger partial charge in [0.1, 0.15) is 11.5 Å². The van der Waals surface area contributed by atoms with Crippen molar-refractivity contribution in [3.63, 3.8) is 0 Å². The summed E-state index contributed by atoms with van der Waals surface area (Å²) in [7, 11) is 0. The van der Waals surface area contributed by atoms with Gasteiger partial charge in [0.25, 0.3) is 0 Å². The van der Waals surface area contributed by atoms with Crippen molar-refractivity contribution in [3.8, 4) is 0 Å². The van der Waals surface area contributed by atoms with E-state index in [-0.39, 0.29) is 17.3 Å². The largest absolute Gasteiger partial charge is 0.373 e. The number of aromatic amines is 1. The fourth-order valence-corrected chi connectivity index (χ4v) is 2.81. The molecule has 1 aromatic heterocycles. The van der Waals surface area contributed by atoms with E-state index >= 15 is 0 Å². The Morgan fingerprint density at radius 3 is 2.86 bits per heavy atom. The molecule has 0 saturated carbocycles. The minimum Gasteiger partial charge on any atom is -0.373 e. The lowest BCUT2D eigenvalue weighted by atomic mass is 9.91. The first-order valence-corrected chi connectivity index (χ1v) is 6.99. The summed E-state index contributed by atoms with van der Waals surface area (Å²) < 4.78 is 28.0. The van der Waals surface area contributed by atoms with Gasteiger partial charge in [-0.1, -0.05) is 6.07 Å². The third kappa shape index (κ3) is 2.55. The van der Waals surface area contributed by atoms with E-state index in [1.54, 1.807) is 13.0 Å². The van der Waals surface area contributed by atoms with Gasteiger partial charge < -0.3 is 10.3 Å². The highest BCUT2D eigenvalue weighted by Crippen LogP contribution is 2.33. The van der Waals surface area contributed by atoms with Crippen LogP contribution in [0.5, 0.6) is 0 Å². The molecule has 5 heteroatoms. The van der Waals surface area contributed by atoms with Gasteiger partial charge in [-0.2, -0.15) is 0 Å². The Bertz CT molecular complexity index is 740. The Kier molecular flexibility index (Phi) is 3.49. The van der Waals surface area contributed by atoms with Crippen LogP contribution in [0.1, 0.15) is 35.7 Å². The third-order valence-corrected chi connectivity index (χ3v) is 3.93. The molecule has 0 bridgehead atoms. The first-order valence-electron chi connectivity index (χ1n) is 6.99. The lowest BCUT2D eigenvalue weighted by molar-refractivity contribution is 0.553. The van der Waals surface area contributed by atoms with Gasteiger partial charge in [-0.15, -0.1) is 0 Å². The summed E-state index contributed by atoms with van der Waals surface area (Å²) >= 11 is 0. The van der Waals surface area contributed by atoms with Crippen LogP contribution in [-0.2, 0) is 6.42 Å². The highest BCUT2D eigenvalue weighted by Gasteiger charge is 2.23. The van der Waals surface area contributed by atoms with Crippen molar-refractivity contribution < 1.29 is 8.78 Å². The zero-order valence-corrected chi connectivity index (χ0v) is 11.7. The predicted octanol–water partition coefficient (Wildman–Crippen LogP) is 3.45. The van der Waals surface area contributed by atoms with Gasteiger partial charge in [0, 0.05) is 11.8 Å². The van der Waals surface area contributed by atoms with Crippen LogP contribution >= 0.6 is 0 Å². The van der Waals surface area contributed by atoms with E-state index in [0.29, 0.717) is 5.56 Å². The molecular formula is C16H16F2N2O. The van der Waals surface area contributed by atoms with Crippen LogP contribution in [0.3, 0.4) is 0 Å². The quantitative estimate of drug-likeness (QED) is 0.889. The lowest BCUT2D eigenvalue weighted by Gasteiger charge is -2.27. The van der Waals surface area contributed by atoms with Crippen LogP contribution in [0, 0.1) is 18.6 Å². The molecular weight excluding hydrogens is 274 g/mol. The van der Waals surface area contributed by atoms with Crippen molar-refractivity contribution >= 4 is 5.69 Å². The van der Waals surface area contributed by atoms with E-state index in [0.717, 1.165) is 30.5 Å². The summed E-state index contributed by atoms with van der Waals surface area (Å²) in [5.74, 6) is -1.17. The van der Waals surface area contributed by atoms with Crippen LogP contribution in [0.15, 0.2) is 29.1 Å². The normalized spacial score (nSPS) is 17.4. The lowest BCUT2D eigenvalue weighted by Crippen LogP contribution is -2.22. The van der Waals surface area contributed by atoms with Crippen LogP contribution in [0.4, 0.5) is 14.5 Å². The van der Waals surface area contributed by atoms with Crippen molar-refractivity contribution in [2.45, 2.75) is 32.2 Å². The molecule has 0 saturated heterocycles. The molecule has 1 aliphatic rings. The molecule has 1 aliphatic carbocycles. The minimum atomic E-state index is -0.602. The Labute approximate surface area is 121 Å². The average molecular weight is 290 g/mol. The zero-order valence-electron chi connectivity index (χ0n) is 11.7. The Morgan fingerprint density at radius 1 is 1.24 bits per heavy atom. The average Bonchev–Trinajstić information content (AvgIpc) is 2.47. The van der Waals surface area contributed by atoms with Gasteiger partial charge in [0.05, 0.1) is 6.04 Å². The second-order valence-electron chi connectivity index (χ2n) is 5.40. The van der Waals surface area contributed by atoms with Gasteiger partial charge in [-0.3, -0.25) is 4.79 Å². The molecule has 1 unspecified atom stereocenters. The van der Waals surface area contributed by atoms with Crippen molar-refractivity contribution in [2.24, 2.45) is 0 Å². The van der Waals surface area contributed by atoms with Crippen molar-refractivity contribution in [1.29, 1.82) is 0 Å². The van der Waals surface area contributed by atoms with E-state index < -0.39 is 11.6 Å². The highest BCUT2D eigenvalue weighted by atomic mass is 19.1. The van der Waals surface area contributed by atoms with Gasteiger partial charge in [0.15, 0.2) is 5.82 Å². The standard InChI is InChI=1S/C16H16F2N2O/c1-9-5-7-11(17)16(15(9)18)20-13-4-2-3-12-10(13)6-8-14(21)19-12/h5-8,13,20H,2-4H2,1H3,(H,19,21). The van der Waals surface area contributed by atoms with Gasteiger partial charge in [-0.05, 0) is 49.4 Å². The van der Waals surface area contributed by atoms with Gasteiger partial charge in [-0.25, -0.2) is 8.78 Å². The van der Waals surface area contributed by atoms with Crippen LogP contribution in [-0.4, -0.2) is 4.98 Å². The zero-order chi connectivity index (χ0) is 15.0. The van der Waals surface area contributed by atoms with Gasteiger partial charge >= 0.3 is 0 Å². The summed E-state index contributed by atoms with van der Waals surface area (Å²) in [6, 6.07) is 5.66. The van der Waals surface area contributed by atoms with Crippen LogP contribution < -0.4 is 10.9 Å². The highest BCUT2D eigenvalue weighted by molar-refractivity contribution is 5.51. The van der Waals surface area contributed by atoms with Crippen molar-refractivity contribution in [2.75, 3.05) is 5.32 Å². The molecule has 0 fully saturated rings. The summed E-state index contributed by atoms with van der Waals surface area (Å²) in [5, 5.41) is 2.96. The number of benzene rings is 1. The number of aryl methyl sites for hydroxylation is 2. The molecule has 110 valence electrons. The van der Waals surface area contributed by atoms with E-state index in [2.05, 4.69) is 10.3 Å². The Morgan fingerprint density at radius 2 is 2.05 bits per heavy atom. The fraction of sp³-hybridized carbons (Fsp3) is 0.312. The molecule has 2 N–H and O–H groups in total. The maximum Gasteiger partial charge on any atom is 0.248 e. The smallest absolute Gasteiger partial charge is 0.248 e. The number of fused-ring (bicyclic) bond motifs is 1. The number of pyridine rings is 1. The summed E-state index contributed by atoms with van der Waals surface area (Å²) in [6.07, 6.45) is 2.41. The number of hydrogen-bond donors (Lipinski definition) is 2. The molecule has 1 atom stereocenters. The third-order valence-electron chi connectivity index (χ3n) is 3.93. The number of rotatable bonds is 2. The SMILES string of the molecule is Cc1ccc(F)c(NC2CCCc3[nH]c(=O)ccc32)c1F. The first-order chi connectivity index (χ1) is 10.1. The van der Waals surface area contributed by atoms with Crippen molar-refractivity contribution in [1.82, 2.24) is 4.98 Å². The number of anilines is 1. The second-order valence-corrected chi connectivity index (χ2v) is 5.40. The molecule has 3 nitrogen and oxygen atoms in total. The molecule has 1 aromatic carbocycles. The maximum atomic E-state index is 14.1. The van der Waals surface area contributed by atoms with Crippen LogP contribution in [0.2, 0.25) is 0 Å². The number of nitrogens with one attached hydrogen (secondary N) is 2. The van der Waals surface area contributed by atoms with E-state index in [4.69, 9.17) is 0 Å². The molecule has 0 aliphatic heterocycles. The summed E-state index contributed by atoms with van der Waals surface area (Å²) in [6.45, 7) is 1.60. The van der Waals surface area contributed by atoms with Gasteiger partial charge in [0.2, 0.25) is 5.56 Å². The predicted molar refractivity (Wildman–Crippen MR) is 77.5 cm³/mol. The molecule has 3 rings (SSSR count). The molecule has 1 heterocycles. The fourth-order valence-electron chi connectivity index (χ4n) is 2.81. The molecule has 0 radical (unpaired) electrons.